The van der Waals surface area contributed by atoms with Crippen molar-refractivity contribution in [2.75, 3.05) is 10.2 Å². The Morgan fingerprint density at radius 1 is 1.03 bits per heavy atom. The number of rotatable bonds is 6. The molecule has 0 spiro atoms. The van der Waals surface area contributed by atoms with Gasteiger partial charge >= 0.3 is 0 Å². The molecule has 2 aromatic carbocycles. The van der Waals surface area contributed by atoms with Crippen LogP contribution < -0.4 is 10.2 Å². The molecule has 2 fully saturated rings. The van der Waals surface area contributed by atoms with Crippen molar-refractivity contribution < 1.29 is 22.8 Å². The van der Waals surface area contributed by atoms with Gasteiger partial charge in [0.1, 0.15) is 6.04 Å². The summed E-state index contributed by atoms with van der Waals surface area (Å²) in [7, 11) is -4.00. The minimum atomic E-state index is -4.00. The maximum absolute atomic E-state index is 13.6. The van der Waals surface area contributed by atoms with Crippen LogP contribution in [-0.2, 0) is 24.4 Å². The van der Waals surface area contributed by atoms with E-state index < -0.39 is 27.9 Å². The highest BCUT2D eigenvalue weighted by Gasteiger charge is 2.49. The number of halogens is 1. The van der Waals surface area contributed by atoms with E-state index in [4.69, 9.17) is 0 Å². The lowest BCUT2D eigenvalue weighted by atomic mass is 10.2. The van der Waals surface area contributed by atoms with Crippen molar-refractivity contribution in [3.05, 3.63) is 53.0 Å². The molecular formula is C23H24BrN3O5S. The van der Waals surface area contributed by atoms with Gasteiger partial charge in [0, 0.05) is 23.1 Å². The summed E-state index contributed by atoms with van der Waals surface area (Å²) in [5.74, 6) is -1.24. The monoisotopic (exact) mass is 533 g/mol. The number of carbonyl (C=O) groups excluding carboxylic acids is 3. The molecular weight excluding hydrogens is 510 g/mol. The molecule has 0 aromatic heterocycles. The normalized spacial score (nSPS) is 19.5. The molecule has 1 saturated heterocycles. The highest BCUT2D eigenvalue weighted by molar-refractivity contribution is 9.10. The molecule has 2 aliphatic rings. The number of amides is 3. The fraction of sp³-hybridized carbons (Fsp3) is 0.348. The smallest absolute Gasteiger partial charge is 0.252 e. The molecule has 1 aliphatic carbocycles. The summed E-state index contributed by atoms with van der Waals surface area (Å²) in [6.45, 7) is 1.38. The van der Waals surface area contributed by atoms with Gasteiger partial charge in [0.15, 0.2) is 0 Å². The number of hydrogen-bond donors (Lipinski definition) is 1. The Morgan fingerprint density at radius 2 is 1.64 bits per heavy atom. The minimum absolute atomic E-state index is 0.0935. The first-order chi connectivity index (χ1) is 15.7. The Labute approximate surface area is 201 Å². The Balaban J connectivity index is 1.67. The van der Waals surface area contributed by atoms with E-state index in [9.17, 15) is 22.8 Å². The summed E-state index contributed by atoms with van der Waals surface area (Å²) in [5, 5.41) is 2.63. The van der Waals surface area contributed by atoms with Crippen LogP contribution in [0.1, 0.15) is 39.0 Å². The molecule has 0 radical (unpaired) electrons. The van der Waals surface area contributed by atoms with E-state index in [2.05, 4.69) is 21.2 Å². The fourth-order valence-electron chi connectivity index (χ4n) is 4.49. The molecule has 3 amide bonds. The SMILES string of the molecule is CC(=O)Nc1ccc(N2C(=O)CC(N(C3CCCC3)S(=O)(=O)c3ccc(Br)cc3)C2=O)cc1. The zero-order valence-corrected chi connectivity index (χ0v) is 20.4. The molecule has 33 heavy (non-hydrogen) atoms. The largest absolute Gasteiger partial charge is 0.326 e. The molecule has 0 bridgehead atoms. The van der Waals surface area contributed by atoms with Crippen LogP contribution in [0.5, 0.6) is 0 Å². The quantitative estimate of drug-likeness (QED) is 0.570. The first kappa shape index (κ1) is 23.6. The molecule has 10 heteroatoms. The third-order valence-corrected chi connectivity index (χ3v) is 8.45. The third kappa shape index (κ3) is 4.73. The first-order valence-corrected chi connectivity index (χ1v) is 13.0. The van der Waals surface area contributed by atoms with E-state index in [1.807, 2.05) is 0 Å². The third-order valence-electron chi connectivity index (χ3n) is 5.95. The molecule has 1 atom stereocenters. The summed E-state index contributed by atoms with van der Waals surface area (Å²) < 4.78 is 29.3. The highest BCUT2D eigenvalue weighted by Crippen LogP contribution is 2.36. The van der Waals surface area contributed by atoms with E-state index >= 15 is 0 Å². The van der Waals surface area contributed by atoms with E-state index in [0.29, 0.717) is 24.2 Å². The molecule has 1 unspecified atom stereocenters. The predicted octanol–water partition coefficient (Wildman–Crippen LogP) is 3.67. The Bertz CT molecular complexity index is 1180. The van der Waals surface area contributed by atoms with Gasteiger partial charge in [-0.25, -0.2) is 13.3 Å². The number of carbonyl (C=O) groups is 3. The molecule has 1 aliphatic heterocycles. The van der Waals surface area contributed by atoms with Crippen molar-refractivity contribution in [1.29, 1.82) is 0 Å². The van der Waals surface area contributed by atoms with Crippen LogP contribution in [0.2, 0.25) is 0 Å². The van der Waals surface area contributed by atoms with Gasteiger partial charge in [0.25, 0.3) is 5.91 Å². The number of hydrogen-bond acceptors (Lipinski definition) is 5. The van der Waals surface area contributed by atoms with E-state index in [1.165, 1.54) is 23.4 Å². The summed E-state index contributed by atoms with van der Waals surface area (Å²) >= 11 is 3.31. The van der Waals surface area contributed by atoms with Crippen LogP contribution in [0.25, 0.3) is 0 Å². The number of benzene rings is 2. The van der Waals surface area contributed by atoms with Crippen molar-refractivity contribution in [2.24, 2.45) is 0 Å². The average molecular weight is 534 g/mol. The summed E-state index contributed by atoms with van der Waals surface area (Å²) in [6, 6.07) is 11.2. The number of imide groups is 1. The summed E-state index contributed by atoms with van der Waals surface area (Å²) in [5.41, 5.74) is 0.876. The highest BCUT2D eigenvalue weighted by atomic mass is 79.9. The topological polar surface area (TPSA) is 104 Å². The number of nitrogens with one attached hydrogen (secondary N) is 1. The first-order valence-electron chi connectivity index (χ1n) is 10.7. The van der Waals surface area contributed by atoms with Gasteiger partial charge in [0.2, 0.25) is 21.8 Å². The van der Waals surface area contributed by atoms with Crippen LogP contribution in [0.15, 0.2) is 57.9 Å². The molecule has 1 N–H and O–H groups in total. The van der Waals surface area contributed by atoms with Gasteiger partial charge in [-0.1, -0.05) is 28.8 Å². The van der Waals surface area contributed by atoms with E-state index in [-0.39, 0.29) is 23.3 Å². The van der Waals surface area contributed by atoms with Crippen LogP contribution >= 0.6 is 15.9 Å². The Kier molecular flexibility index (Phi) is 6.69. The van der Waals surface area contributed by atoms with Crippen molar-refractivity contribution >= 4 is 55.0 Å². The molecule has 1 heterocycles. The Hall–Kier alpha value is -2.56. The maximum atomic E-state index is 13.6. The van der Waals surface area contributed by atoms with Crippen molar-refractivity contribution in [3.63, 3.8) is 0 Å². The second-order valence-corrected chi connectivity index (χ2v) is 11.0. The maximum Gasteiger partial charge on any atom is 0.252 e. The summed E-state index contributed by atoms with van der Waals surface area (Å²) in [6.07, 6.45) is 2.84. The standard InChI is InChI=1S/C23H24BrN3O5S/c1-15(28)25-17-8-10-18(11-9-17)26-22(29)14-21(23(26)30)27(19-4-2-3-5-19)33(31,32)20-12-6-16(24)7-13-20/h6-13,19,21H,2-5,14H2,1H3,(H,25,28). The molecule has 1 saturated carbocycles. The van der Waals surface area contributed by atoms with Gasteiger partial charge in [-0.2, -0.15) is 4.31 Å². The van der Waals surface area contributed by atoms with Gasteiger partial charge in [-0.05, 0) is 61.4 Å². The fourth-order valence-corrected chi connectivity index (χ4v) is 6.58. The van der Waals surface area contributed by atoms with Crippen molar-refractivity contribution in [1.82, 2.24) is 4.31 Å². The molecule has 4 rings (SSSR count). The number of sulfonamides is 1. The molecule has 2 aromatic rings. The van der Waals surface area contributed by atoms with E-state index in [0.717, 1.165) is 22.2 Å². The lowest BCUT2D eigenvalue weighted by Gasteiger charge is -2.32. The lowest BCUT2D eigenvalue weighted by molar-refractivity contribution is -0.122. The zero-order valence-electron chi connectivity index (χ0n) is 18.0. The van der Waals surface area contributed by atoms with Gasteiger partial charge in [-0.15, -0.1) is 0 Å². The predicted molar refractivity (Wildman–Crippen MR) is 127 cm³/mol. The van der Waals surface area contributed by atoms with Crippen LogP contribution in [0.3, 0.4) is 0 Å². The molecule has 8 nitrogen and oxygen atoms in total. The number of nitrogens with zero attached hydrogens (tertiary/aromatic N) is 2. The number of anilines is 2. The van der Waals surface area contributed by atoms with Crippen molar-refractivity contribution in [3.8, 4) is 0 Å². The van der Waals surface area contributed by atoms with Gasteiger partial charge in [0.05, 0.1) is 17.0 Å². The summed E-state index contributed by atoms with van der Waals surface area (Å²) in [4.78, 5) is 38.7. The van der Waals surface area contributed by atoms with Crippen LogP contribution in [-0.4, -0.2) is 42.5 Å². The average Bonchev–Trinajstić information content (AvgIpc) is 3.37. The minimum Gasteiger partial charge on any atom is -0.326 e. The second-order valence-electron chi connectivity index (χ2n) is 8.24. The van der Waals surface area contributed by atoms with Crippen LogP contribution in [0.4, 0.5) is 11.4 Å². The van der Waals surface area contributed by atoms with Gasteiger partial charge in [-0.3, -0.25) is 14.4 Å². The van der Waals surface area contributed by atoms with Gasteiger partial charge < -0.3 is 5.32 Å². The van der Waals surface area contributed by atoms with Crippen molar-refractivity contribution in [2.45, 2.75) is 56.0 Å². The zero-order chi connectivity index (χ0) is 23.8. The van der Waals surface area contributed by atoms with Crippen LogP contribution in [0, 0.1) is 0 Å². The Morgan fingerprint density at radius 3 is 2.21 bits per heavy atom. The van der Waals surface area contributed by atoms with E-state index in [1.54, 1.807) is 36.4 Å². The second kappa shape index (κ2) is 9.36. The lowest BCUT2D eigenvalue weighted by Crippen LogP contribution is -2.49. The molecule has 174 valence electrons.